The lowest BCUT2D eigenvalue weighted by atomic mass is 9.83. The van der Waals surface area contributed by atoms with Gasteiger partial charge in [-0.25, -0.2) is 0 Å². The van der Waals surface area contributed by atoms with Gasteiger partial charge >= 0.3 is 0 Å². The Balaban J connectivity index is 1.72. The minimum absolute atomic E-state index is 0.192. The number of rotatable bonds is 9. The molecule has 0 aromatic heterocycles. The van der Waals surface area contributed by atoms with Crippen molar-refractivity contribution < 1.29 is 9.47 Å². The van der Waals surface area contributed by atoms with Crippen LogP contribution in [0.3, 0.4) is 0 Å². The van der Waals surface area contributed by atoms with Crippen LogP contribution in [0.5, 0.6) is 5.75 Å². The third kappa shape index (κ3) is 6.20. The maximum atomic E-state index is 6.03. The number of halogens is 1. The third-order valence-corrected chi connectivity index (χ3v) is 7.44. The van der Waals surface area contributed by atoms with Crippen molar-refractivity contribution in [2.75, 3.05) is 13.2 Å². The average molecular weight is 432 g/mol. The van der Waals surface area contributed by atoms with Crippen molar-refractivity contribution >= 4 is 28.8 Å². The molecular weight excluding hydrogens is 403 g/mol. The van der Waals surface area contributed by atoms with E-state index in [2.05, 4.69) is 53.0 Å². The van der Waals surface area contributed by atoms with Gasteiger partial charge in [-0.2, -0.15) is 0 Å². The van der Waals surface area contributed by atoms with E-state index >= 15 is 0 Å². The van der Waals surface area contributed by atoms with Crippen LogP contribution in [0.2, 0.25) is 6.04 Å². The highest BCUT2D eigenvalue weighted by Crippen LogP contribution is 2.34. The Morgan fingerprint density at radius 1 is 1.09 bits per heavy atom. The van der Waals surface area contributed by atoms with Crippen molar-refractivity contribution in [3.63, 3.8) is 0 Å². The Morgan fingerprint density at radius 2 is 1.82 bits per heavy atom. The summed E-state index contributed by atoms with van der Waals surface area (Å²) in [5, 5.41) is 0. The fourth-order valence-corrected chi connectivity index (χ4v) is 5.08. The molecule has 0 atom stereocenters. The fourth-order valence-electron chi connectivity index (χ4n) is 3.07. The first kappa shape index (κ1) is 18.3. The van der Waals surface area contributed by atoms with Crippen LogP contribution >= 0.6 is 21.8 Å². The minimum Gasteiger partial charge on any atom is -0.494 e. The molecule has 2 rings (SSSR count). The summed E-state index contributed by atoms with van der Waals surface area (Å²) in [4.78, 5) is 0. The van der Waals surface area contributed by atoms with E-state index in [-0.39, 0.29) is 7.02 Å². The second-order valence-corrected chi connectivity index (χ2v) is 10.5. The zero-order valence-corrected chi connectivity index (χ0v) is 17.3. The lowest BCUT2D eigenvalue weighted by Gasteiger charge is -2.29. The zero-order chi connectivity index (χ0) is 15.6. The van der Waals surface area contributed by atoms with Gasteiger partial charge in [-0.1, -0.05) is 25.1 Å². The summed E-state index contributed by atoms with van der Waals surface area (Å²) in [5.41, 5.74) is 1.47. The lowest BCUT2D eigenvalue weighted by Crippen LogP contribution is -2.21. The van der Waals surface area contributed by atoms with E-state index in [9.17, 15) is 0 Å². The molecular formula is C18H29IO2Si. The first-order valence-corrected chi connectivity index (χ1v) is 14.8. The van der Waals surface area contributed by atoms with E-state index in [1.54, 1.807) is 0 Å². The highest BCUT2D eigenvalue weighted by Gasteiger charge is 2.22. The Labute approximate surface area is 150 Å². The smallest absolute Gasteiger partial charge is 0.119 e. The molecule has 124 valence electrons. The number of hydrogen-bond donors (Lipinski definition) is 0. The predicted molar refractivity (Wildman–Crippen MR) is 105 cm³/mol. The van der Waals surface area contributed by atoms with Gasteiger partial charge in [0, 0.05) is 6.61 Å². The summed E-state index contributed by atoms with van der Waals surface area (Å²) in [5.74, 6) is 1.71. The van der Waals surface area contributed by atoms with Gasteiger partial charge in [0.15, 0.2) is 0 Å². The largest absolute Gasteiger partial charge is 0.494 e. The minimum atomic E-state index is 0.192. The van der Waals surface area contributed by atoms with Crippen LogP contribution in [-0.4, -0.2) is 26.3 Å². The van der Waals surface area contributed by atoms with E-state index in [0.29, 0.717) is 12.0 Å². The standard InChI is InChI=1S/C18H29IO2Si/c1-2-12-20-17-8-4-15(5-9-17)16-6-10-18(11-7-16)21-13-3-14-22-19/h4-5,8-9,16,18H,2-3,6-7,10-14,22H2,1H3/t16-,18-. The predicted octanol–water partition coefficient (Wildman–Crippen LogP) is 4.85. The van der Waals surface area contributed by atoms with Crippen LogP contribution in [0, 0.1) is 0 Å². The van der Waals surface area contributed by atoms with Crippen LogP contribution in [0.25, 0.3) is 0 Å². The number of ether oxygens (including phenoxy) is 2. The molecule has 1 saturated carbocycles. The first-order valence-electron chi connectivity index (χ1n) is 8.73. The highest BCUT2D eigenvalue weighted by molar-refractivity contribution is 14.1. The SMILES string of the molecule is CCCOc1ccc([C@H]2CC[C@H](OCCC[SiH2]I)CC2)cc1. The number of hydrogen-bond acceptors (Lipinski definition) is 2. The summed E-state index contributed by atoms with van der Waals surface area (Å²) in [6.45, 7) is 3.93. The van der Waals surface area contributed by atoms with Crippen molar-refractivity contribution in [1.82, 2.24) is 0 Å². The van der Waals surface area contributed by atoms with Gasteiger partial charge in [-0.3, -0.25) is 0 Å². The molecule has 0 unspecified atom stereocenters. The Hall–Kier alpha value is -0.0731. The van der Waals surface area contributed by atoms with Crippen molar-refractivity contribution in [3.8, 4) is 5.75 Å². The molecule has 0 heterocycles. The van der Waals surface area contributed by atoms with Crippen molar-refractivity contribution in [1.29, 1.82) is 0 Å². The fraction of sp³-hybridized carbons (Fsp3) is 0.667. The molecule has 0 bridgehead atoms. The quantitative estimate of drug-likeness (QED) is 0.241. The molecule has 1 fully saturated rings. The van der Waals surface area contributed by atoms with Crippen LogP contribution in [-0.2, 0) is 4.74 Å². The molecule has 0 saturated heterocycles. The maximum absolute atomic E-state index is 6.03. The van der Waals surface area contributed by atoms with Gasteiger partial charge in [0.1, 0.15) is 5.75 Å². The molecule has 0 aliphatic heterocycles. The molecule has 0 N–H and O–H groups in total. The molecule has 0 radical (unpaired) electrons. The Morgan fingerprint density at radius 3 is 2.45 bits per heavy atom. The van der Waals surface area contributed by atoms with Crippen molar-refractivity contribution in [3.05, 3.63) is 29.8 Å². The summed E-state index contributed by atoms with van der Waals surface area (Å²) in [6.07, 6.45) is 7.82. The summed E-state index contributed by atoms with van der Waals surface area (Å²) >= 11 is 2.57. The van der Waals surface area contributed by atoms with Gasteiger partial charge in [-0.15, -0.1) is 21.8 Å². The van der Waals surface area contributed by atoms with Crippen molar-refractivity contribution in [2.45, 2.75) is 63.5 Å². The second kappa shape index (κ2) is 10.7. The summed E-state index contributed by atoms with van der Waals surface area (Å²) in [7, 11) is 0.192. The van der Waals surface area contributed by atoms with Gasteiger partial charge in [0.05, 0.1) is 19.7 Å². The van der Waals surface area contributed by atoms with E-state index in [4.69, 9.17) is 9.47 Å². The van der Waals surface area contributed by atoms with Crippen molar-refractivity contribution in [2.24, 2.45) is 0 Å². The molecule has 1 aromatic carbocycles. The summed E-state index contributed by atoms with van der Waals surface area (Å²) in [6, 6.07) is 10.2. The monoisotopic (exact) mass is 432 g/mol. The average Bonchev–Trinajstić information content (AvgIpc) is 2.58. The zero-order valence-electron chi connectivity index (χ0n) is 13.7. The second-order valence-electron chi connectivity index (χ2n) is 6.16. The molecule has 0 amide bonds. The van der Waals surface area contributed by atoms with Crippen LogP contribution in [0.1, 0.15) is 56.9 Å². The molecule has 0 spiro atoms. The Bertz CT molecular complexity index is 402. The highest BCUT2D eigenvalue weighted by atomic mass is 127. The van der Waals surface area contributed by atoms with Crippen LogP contribution < -0.4 is 4.74 Å². The maximum Gasteiger partial charge on any atom is 0.119 e. The molecule has 22 heavy (non-hydrogen) atoms. The summed E-state index contributed by atoms with van der Waals surface area (Å²) < 4.78 is 11.7. The van der Waals surface area contributed by atoms with Gasteiger partial charge < -0.3 is 9.47 Å². The van der Waals surface area contributed by atoms with Crippen LogP contribution in [0.15, 0.2) is 24.3 Å². The molecule has 2 nitrogen and oxygen atoms in total. The normalized spacial score (nSPS) is 22.3. The Kier molecular flexibility index (Phi) is 8.85. The van der Waals surface area contributed by atoms with E-state index < -0.39 is 0 Å². The first-order chi connectivity index (χ1) is 10.8. The molecule has 4 heteroatoms. The molecule has 1 aromatic rings. The molecule has 1 aliphatic rings. The van der Waals surface area contributed by atoms with Gasteiger partial charge in [0.2, 0.25) is 0 Å². The van der Waals surface area contributed by atoms with E-state index in [1.165, 1.54) is 43.7 Å². The topological polar surface area (TPSA) is 18.5 Å². The molecule has 1 aliphatic carbocycles. The van der Waals surface area contributed by atoms with Gasteiger partial charge in [0.25, 0.3) is 0 Å². The number of benzene rings is 1. The third-order valence-electron chi connectivity index (χ3n) is 4.38. The van der Waals surface area contributed by atoms with Crippen LogP contribution in [0.4, 0.5) is 0 Å². The van der Waals surface area contributed by atoms with E-state index in [1.807, 2.05) is 0 Å². The van der Waals surface area contributed by atoms with Gasteiger partial charge in [-0.05, 0) is 62.1 Å². The van der Waals surface area contributed by atoms with E-state index in [0.717, 1.165) is 25.4 Å². The lowest BCUT2D eigenvalue weighted by molar-refractivity contribution is 0.0252.